The van der Waals surface area contributed by atoms with Gasteiger partial charge in [0.15, 0.2) is 0 Å². The molecule has 0 saturated carbocycles. The van der Waals surface area contributed by atoms with Gasteiger partial charge in [-0.2, -0.15) is 0 Å². The molecule has 0 saturated heterocycles. The van der Waals surface area contributed by atoms with Gasteiger partial charge in [-0.15, -0.1) is 0 Å². The fraction of sp³-hybridized carbons (Fsp3) is 0.235. The number of carbonyl (C=O) groups is 1. The maximum Gasteiger partial charge on any atom is 0.255 e. The summed E-state index contributed by atoms with van der Waals surface area (Å²) in [6.45, 7) is 2.42. The van der Waals surface area contributed by atoms with Gasteiger partial charge in [-0.3, -0.25) is 4.79 Å². The summed E-state index contributed by atoms with van der Waals surface area (Å²) in [5, 5.41) is 3.05. The first-order valence-corrected chi connectivity index (χ1v) is 6.79. The predicted molar refractivity (Wildman–Crippen MR) is 82.9 cm³/mol. The van der Waals surface area contributed by atoms with Crippen molar-refractivity contribution in [2.45, 2.75) is 13.5 Å². The molecule has 0 spiro atoms. The third-order valence-electron chi connectivity index (χ3n) is 3.35. The third-order valence-corrected chi connectivity index (χ3v) is 3.35. The maximum atomic E-state index is 12.9. The van der Waals surface area contributed by atoms with Gasteiger partial charge in [0.25, 0.3) is 5.91 Å². The van der Waals surface area contributed by atoms with E-state index < -0.39 is 0 Å². The number of hydrogen-bond donors (Lipinski definition) is 1. The van der Waals surface area contributed by atoms with Crippen molar-refractivity contribution in [3.63, 3.8) is 0 Å². The molecule has 0 aromatic heterocycles. The molecule has 0 heterocycles. The van der Waals surface area contributed by atoms with Crippen LogP contribution in [0.4, 0.5) is 10.1 Å². The largest absolute Gasteiger partial charge is 0.387 e. The molecular weight excluding hydrogens is 267 g/mol. The molecule has 0 atom stereocenters. The summed E-state index contributed by atoms with van der Waals surface area (Å²) in [5.41, 5.74) is 3.43. The molecule has 0 radical (unpaired) electrons. The average Bonchev–Trinajstić information content (AvgIpc) is 2.48. The van der Waals surface area contributed by atoms with E-state index in [1.54, 1.807) is 31.1 Å². The highest BCUT2D eigenvalue weighted by Crippen LogP contribution is 2.19. The summed E-state index contributed by atoms with van der Waals surface area (Å²) in [7, 11) is 3.54. The summed E-state index contributed by atoms with van der Waals surface area (Å²) < 4.78 is 12.9. The van der Waals surface area contributed by atoms with Crippen molar-refractivity contribution in [3.05, 3.63) is 65.0 Å². The van der Waals surface area contributed by atoms with Crippen molar-refractivity contribution in [1.29, 1.82) is 0 Å². The van der Waals surface area contributed by atoms with Gasteiger partial charge in [0.05, 0.1) is 5.56 Å². The van der Waals surface area contributed by atoms with Gasteiger partial charge in [-0.05, 0) is 42.3 Å². The normalized spacial score (nSPS) is 10.3. The summed E-state index contributed by atoms with van der Waals surface area (Å²) in [5.74, 6) is -0.340. The quantitative estimate of drug-likeness (QED) is 0.933. The highest BCUT2D eigenvalue weighted by molar-refractivity contribution is 5.99. The van der Waals surface area contributed by atoms with Crippen LogP contribution in [0.1, 0.15) is 21.5 Å². The minimum Gasteiger partial charge on any atom is -0.387 e. The highest BCUT2D eigenvalue weighted by atomic mass is 19.1. The number of benzene rings is 2. The zero-order valence-corrected chi connectivity index (χ0v) is 12.5. The van der Waals surface area contributed by atoms with Gasteiger partial charge in [-0.1, -0.05) is 18.2 Å². The lowest BCUT2D eigenvalue weighted by Crippen LogP contribution is -2.27. The van der Waals surface area contributed by atoms with Crippen LogP contribution < -0.4 is 5.32 Å². The van der Waals surface area contributed by atoms with Crippen molar-refractivity contribution in [1.82, 2.24) is 4.90 Å². The third kappa shape index (κ3) is 3.60. The number of rotatable bonds is 4. The molecule has 0 bridgehead atoms. The number of nitrogens with zero attached hydrogens (tertiary/aromatic N) is 1. The summed E-state index contributed by atoms with van der Waals surface area (Å²) in [6, 6.07) is 11.9. The lowest BCUT2D eigenvalue weighted by atomic mass is 10.1. The molecule has 1 N–H and O–H groups in total. The molecule has 2 aromatic carbocycles. The Labute approximate surface area is 124 Å². The van der Waals surface area contributed by atoms with Crippen LogP contribution in [0.5, 0.6) is 0 Å². The Morgan fingerprint density at radius 2 is 1.86 bits per heavy atom. The zero-order valence-electron chi connectivity index (χ0n) is 12.5. The summed E-state index contributed by atoms with van der Waals surface area (Å²) >= 11 is 0. The first-order valence-electron chi connectivity index (χ1n) is 6.79. The molecule has 21 heavy (non-hydrogen) atoms. The lowest BCUT2D eigenvalue weighted by Gasteiger charge is -2.19. The van der Waals surface area contributed by atoms with E-state index in [1.165, 1.54) is 12.1 Å². The van der Waals surface area contributed by atoms with E-state index in [0.717, 1.165) is 16.8 Å². The van der Waals surface area contributed by atoms with Crippen molar-refractivity contribution >= 4 is 11.6 Å². The standard InChI is InChI=1S/C17H19FN2O/c1-12-4-9-15(16(10-12)19-2)17(21)20(3)11-13-5-7-14(18)8-6-13/h4-10,19H,11H2,1-3H3. The number of hydrogen-bond acceptors (Lipinski definition) is 2. The molecule has 110 valence electrons. The number of carbonyl (C=O) groups excluding carboxylic acids is 1. The van der Waals surface area contributed by atoms with Crippen LogP contribution in [0.3, 0.4) is 0 Å². The maximum absolute atomic E-state index is 12.9. The first-order chi connectivity index (χ1) is 10.0. The fourth-order valence-corrected chi connectivity index (χ4v) is 2.19. The Balaban J connectivity index is 2.17. The van der Waals surface area contributed by atoms with Crippen LogP contribution in [-0.2, 0) is 6.54 Å². The van der Waals surface area contributed by atoms with Crippen LogP contribution in [0.15, 0.2) is 42.5 Å². The Morgan fingerprint density at radius 1 is 1.19 bits per heavy atom. The fourth-order valence-electron chi connectivity index (χ4n) is 2.19. The first kappa shape index (κ1) is 15.0. The smallest absolute Gasteiger partial charge is 0.255 e. The minimum atomic E-state index is -0.274. The van der Waals surface area contributed by atoms with Crippen molar-refractivity contribution in [2.75, 3.05) is 19.4 Å². The van der Waals surface area contributed by atoms with Gasteiger partial charge in [0.2, 0.25) is 0 Å². The highest BCUT2D eigenvalue weighted by Gasteiger charge is 2.15. The average molecular weight is 286 g/mol. The predicted octanol–water partition coefficient (Wildman–Crippen LogP) is 3.45. The Morgan fingerprint density at radius 3 is 2.48 bits per heavy atom. The molecule has 0 aliphatic rings. The zero-order chi connectivity index (χ0) is 15.4. The van der Waals surface area contributed by atoms with Crippen LogP contribution in [0.2, 0.25) is 0 Å². The van der Waals surface area contributed by atoms with Crippen molar-refractivity contribution in [2.24, 2.45) is 0 Å². The second-order valence-corrected chi connectivity index (χ2v) is 5.09. The molecule has 0 aliphatic heterocycles. The van der Waals surface area contributed by atoms with Gasteiger partial charge in [0, 0.05) is 26.3 Å². The summed E-state index contributed by atoms with van der Waals surface area (Å²) in [6.07, 6.45) is 0. The molecule has 0 fully saturated rings. The molecular formula is C17H19FN2O. The number of amides is 1. The molecule has 3 nitrogen and oxygen atoms in total. The second kappa shape index (κ2) is 6.39. The van der Waals surface area contributed by atoms with Crippen LogP contribution >= 0.6 is 0 Å². The van der Waals surface area contributed by atoms with Gasteiger partial charge in [0.1, 0.15) is 5.82 Å². The Hall–Kier alpha value is -2.36. The van der Waals surface area contributed by atoms with Crippen LogP contribution in [0, 0.1) is 12.7 Å². The SMILES string of the molecule is CNc1cc(C)ccc1C(=O)N(C)Cc1ccc(F)cc1. The molecule has 0 aliphatic carbocycles. The number of nitrogens with one attached hydrogen (secondary N) is 1. The van der Waals surface area contributed by atoms with E-state index in [9.17, 15) is 9.18 Å². The van der Waals surface area contributed by atoms with Gasteiger partial charge in [-0.25, -0.2) is 4.39 Å². The molecule has 4 heteroatoms. The number of aryl methyl sites for hydroxylation is 1. The van der Waals surface area contributed by atoms with E-state index in [2.05, 4.69) is 5.32 Å². The van der Waals surface area contributed by atoms with Crippen LogP contribution in [-0.4, -0.2) is 24.9 Å². The molecule has 1 amide bonds. The molecule has 0 unspecified atom stereocenters. The Kier molecular flexibility index (Phi) is 4.58. The summed E-state index contributed by atoms with van der Waals surface area (Å²) in [4.78, 5) is 14.1. The van der Waals surface area contributed by atoms with Gasteiger partial charge >= 0.3 is 0 Å². The molecule has 2 rings (SSSR count). The number of halogens is 1. The van der Waals surface area contributed by atoms with E-state index >= 15 is 0 Å². The Bertz CT molecular complexity index is 638. The second-order valence-electron chi connectivity index (χ2n) is 5.09. The van der Waals surface area contributed by atoms with Crippen molar-refractivity contribution < 1.29 is 9.18 Å². The van der Waals surface area contributed by atoms with Crippen molar-refractivity contribution in [3.8, 4) is 0 Å². The van der Waals surface area contributed by atoms with Gasteiger partial charge < -0.3 is 10.2 Å². The van der Waals surface area contributed by atoms with Crippen LogP contribution in [0.25, 0.3) is 0 Å². The minimum absolute atomic E-state index is 0.0660. The topological polar surface area (TPSA) is 32.3 Å². The van der Waals surface area contributed by atoms with E-state index in [-0.39, 0.29) is 11.7 Å². The van der Waals surface area contributed by atoms with E-state index in [1.807, 2.05) is 25.1 Å². The number of anilines is 1. The van der Waals surface area contributed by atoms with E-state index in [0.29, 0.717) is 12.1 Å². The molecule has 2 aromatic rings. The van der Waals surface area contributed by atoms with E-state index in [4.69, 9.17) is 0 Å². The monoisotopic (exact) mass is 286 g/mol. The lowest BCUT2D eigenvalue weighted by molar-refractivity contribution is 0.0786.